The van der Waals surface area contributed by atoms with Crippen molar-refractivity contribution in [3.8, 4) is 0 Å². The van der Waals surface area contributed by atoms with E-state index in [1.165, 1.54) is 10.4 Å². The number of aromatic nitrogens is 2. The van der Waals surface area contributed by atoms with E-state index in [1.807, 2.05) is 13.8 Å². The van der Waals surface area contributed by atoms with Crippen molar-refractivity contribution in [3.05, 3.63) is 18.2 Å². The summed E-state index contributed by atoms with van der Waals surface area (Å²) in [5.74, 6) is -0.121. The van der Waals surface area contributed by atoms with Crippen molar-refractivity contribution in [1.29, 1.82) is 0 Å². The maximum atomic E-state index is 13.2. The Kier molecular flexibility index (Phi) is 4.84. The van der Waals surface area contributed by atoms with Crippen molar-refractivity contribution in [2.45, 2.75) is 37.6 Å². The van der Waals surface area contributed by atoms with E-state index in [4.69, 9.17) is 0 Å². The fourth-order valence-electron chi connectivity index (χ4n) is 3.14. The first-order valence-corrected chi connectivity index (χ1v) is 10.2. The third-order valence-corrected chi connectivity index (χ3v) is 6.88. The smallest absolute Gasteiger partial charge is 0.246 e. The number of sulfonamides is 1. The Morgan fingerprint density at radius 3 is 2.79 bits per heavy atom. The normalized spacial score (nSPS) is 19.0. The van der Waals surface area contributed by atoms with Gasteiger partial charge in [-0.1, -0.05) is 6.07 Å². The van der Waals surface area contributed by atoms with Crippen LogP contribution in [0.25, 0.3) is 11.0 Å². The maximum Gasteiger partial charge on any atom is 0.246 e. The molecule has 0 spiro atoms. The van der Waals surface area contributed by atoms with Crippen LogP contribution in [-0.4, -0.2) is 58.0 Å². The molecule has 3 rings (SSSR count). The molecule has 7 nitrogen and oxygen atoms in total. The molecule has 0 unspecified atom stereocenters. The molecule has 1 fully saturated rings. The number of nitrogens with zero attached hydrogens (tertiary/aromatic N) is 4. The highest BCUT2D eigenvalue weighted by Gasteiger charge is 2.41. The Bertz CT molecular complexity index is 845. The number of carbonyl (C=O) groups excluding carboxylic acids is 1. The summed E-state index contributed by atoms with van der Waals surface area (Å²) in [4.78, 5) is 14.5. The Morgan fingerprint density at radius 1 is 1.33 bits per heavy atom. The predicted octanol–water partition coefficient (Wildman–Crippen LogP) is 1.71. The molecular formula is C15H20N4O3S2. The summed E-state index contributed by atoms with van der Waals surface area (Å²) in [6.07, 6.45) is 1.24. The number of rotatable bonds is 5. The second-order valence-corrected chi connectivity index (χ2v) is 8.06. The van der Waals surface area contributed by atoms with Crippen molar-refractivity contribution in [3.63, 3.8) is 0 Å². The molecule has 0 N–H and O–H groups in total. The van der Waals surface area contributed by atoms with E-state index in [9.17, 15) is 13.2 Å². The van der Waals surface area contributed by atoms with Crippen LogP contribution in [-0.2, 0) is 14.8 Å². The second-order valence-electron chi connectivity index (χ2n) is 5.67. The molecule has 1 aromatic heterocycles. The third-order valence-electron chi connectivity index (χ3n) is 4.40. The van der Waals surface area contributed by atoms with Crippen LogP contribution in [0.15, 0.2) is 23.1 Å². The zero-order valence-corrected chi connectivity index (χ0v) is 15.3. The number of amides is 1. The SMILES string of the molecule is CCN(CC)C(=O)[C@H]1CCCN1S(=O)(=O)c1cccc2nsnc12. The molecule has 0 aliphatic carbocycles. The number of hydrogen-bond acceptors (Lipinski definition) is 6. The predicted molar refractivity (Wildman–Crippen MR) is 92.3 cm³/mol. The van der Waals surface area contributed by atoms with Crippen LogP contribution < -0.4 is 0 Å². The largest absolute Gasteiger partial charge is 0.342 e. The second kappa shape index (κ2) is 6.73. The van der Waals surface area contributed by atoms with Crippen LogP contribution in [0.3, 0.4) is 0 Å². The van der Waals surface area contributed by atoms with Gasteiger partial charge in [0.15, 0.2) is 0 Å². The number of hydrogen-bond donors (Lipinski definition) is 0. The lowest BCUT2D eigenvalue weighted by Gasteiger charge is -2.28. The van der Waals surface area contributed by atoms with Crippen LogP contribution in [0, 0.1) is 0 Å². The average Bonchev–Trinajstić information content (AvgIpc) is 3.24. The molecule has 1 atom stereocenters. The van der Waals surface area contributed by atoms with Crippen molar-refractivity contribution < 1.29 is 13.2 Å². The Labute approximate surface area is 145 Å². The average molecular weight is 368 g/mol. The van der Waals surface area contributed by atoms with Gasteiger partial charge in [-0.05, 0) is 38.8 Å². The molecule has 130 valence electrons. The minimum Gasteiger partial charge on any atom is -0.342 e. The lowest BCUT2D eigenvalue weighted by Crippen LogP contribution is -2.47. The summed E-state index contributed by atoms with van der Waals surface area (Å²) in [6.45, 7) is 5.30. The first-order chi connectivity index (χ1) is 11.5. The highest BCUT2D eigenvalue weighted by atomic mass is 32.2. The molecule has 0 saturated carbocycles. The van der Waals surface area contributed by atoms with E-state index in [1.54, 1.807) is 17.0 Å². The molecule has 2 heterocycles. The highest BCUT2D eigenvalue weighted by Crippen LogP contribution is 2.30. The van der Waals surface area contributed by atoms with Crippen molar-refractivity contribution in [2.24, 2.45) is 0 Å². The van der Waals surface area contributed by atoms with Gasteiger partial charge in [0.05, 0.1) is 11.7 Å². The van der Waals surface area contributed by atoms with Gasteiger partial charge in [0, 0.05) is 19.6 Å². The Balaban J connectivity index is 2.00. The van der Waals surface area contributed by atoms with Crippen molar-refractivity contribution in [2.75, 3.05) is 19.6 Å². The van der Waals surface area contributed by atoms with E-state index >= 15 is 0 Å². The molecule has 1 saturated heterocycles. The molecule has 1 amide bonds. The first kappa shape index (κ1) is 17.2. The van der Waals surface area contributed by atoms with E-state index < -0.39 is 16.1 Å². The van der Waals surface area contributed by atoms with Gasteiger partial charge in [0.1, 0.15) is 22.0 Å². The van der Waals surface area contributed by atoms with Gasteiger partial charge in [-0.2, -0.15) is 13.1 Å². The quantitative estimate of drug-likeness (QED) is 0.802. The van der Waals surface area contributed by atoms with E-state index in [0.717, 1.165) is 11.7 Å². The molecule has 24 heavy (non-hydrogen) atoms. The third kappa shape index (κ3) is 2.80. The first-order valence-electron chi connectivity index (χ1n) is 8.02. The summed E-state index contributed by atoms with van der Waals surface area (Å²) in [7, 11) is -3.79. The number of benzene rings is 1. The van der Waals surface area contributed by atoms with E-state index in [0.29, 0.717) is 43.5 Å². The topological polar surface area (TPSA) is 83.5 Å². The summed E-state index contributed by atoms with van der Waals surface area (Å²) in [5.41, 5.74) is 0.940. The molecule has 0 radical (unpaired) electrons. The Hall–Kier alpha value is -1.58. The van der Waals surface area contributed by atoms with Gasteiger partial charge >= 0.3 is 0 Å². The van der Waals surface area contributed by atoms with E-state index in [2.05, 4.69) is 8.75 Å². The summed E-state index contributed by atoms with van der Waals surface area (Å²) >= 11 is 0.987. The minimum absolute atomic E-state index is 0.121. The minimum atomic E-state index is -3.79. The molecule has 0 bridgehead atoms. The fourth-order valence-corrected chi connectivity index (χ4v) is 5.54. The summed E-state index contributed by atoms with van der Waals surface area (Å²) in [6, 6.07) is 4.31. The Morgan fingerprint density at radius 2 is 2.08 bits per heavy atom. The van der Waals surface area contributed by atoms with Crippen LogP contribution in [0.2, 0.25) is 0 Å². The molecule has 2 aromatic rings. The zero-order chi connectivity index (χ0) is 17.3. The standard InChI is InChI=1S/C15H20N4O3S2/c1-3-18(4-2)15(20)12-8-6-10-19(12)24(21,22)13-9-5-7-11-14(13)17-23-16-11/h5,7,9,12H,3-4,6,8,10H2,1-2H3/t12-/m1/s1. The molecule has 1 aliphatic heterocycles. The summed E-state index contributed by atoms with van der Waals surface area (Å²) in [5, 5.41) is 0. The van der Waals surface area contributed by atoms with Gasteiger partial charge in [-0.15, -0.1) is 0 Å². The zero-order valence-electron chi connectivity index (χ0n) is 13.7. The molecule has 1 aliphatic rings. The molecule has 1 aromatic carbocycles. The van der Waals surface area contributed by atoms with Gasteiger partial charge in [0.2, 0.25) is 15.9 Å². The van der Waals surface area contributed by atoms with Gasteiger partial charge in [-0.3, -0.25) is 4.79 Å². The number of likely N-dealkylation sites (N-methyl/N-ethyl adjacent to an activating group) is 1. The fraction of sp³-hybridized carbons (Fsp3) is 0.533. The van der Waals surface area contributed by atoms with Crippen LogP contribution in [0.5, 0.6) is 0 Å². The highest BCUT2D eigenvalue weighted by molar-refractivity contribution is 7.89. The monoisotopic (exact) mass is 368 g/mol. The van der Waals surface area contributed by atoms with Crippen LogP contribution >= 0.6 is 11.7 Å². The van der Waals surface area contributed by atoms with Crippen LogP contribution in [0.4, 0.5) is 0 Å². The van der Waals surface area contributed by atoms with Gasteiger partial charge in [-0.25, -0.2) is 8.42 Å². The number of carbonyl (C=O) groups is 1. The summed E-state index contributed by atoms with van der Waals surface area (Å²) < 4.78 is 35.9. The van der Waals surface area contributed by atoms with Gasteiger partial charge < -0.3 is 4.90 Å². The molecular weight excluding hydrogens is 348 g/mol. The number of fused-ring (bicyclic) bond motifs is 1. The van der Waals surface area contributed by atoms with E-state index in [-0.39, 0.29) is 10.8 Å². The lowest BCUT2D eigenvalue weighted by atomic mass is 10.2. The van der Waals surface area contributed by atoms with Crippen molar-refractivity contribution >= 4 is 38.7 Å². The van der Waals surface area contributed by atoms with Gasteiger partial charge in [0.25, 0.3) is 0 Å². The maximum absolute atomic E-state index is 13.2. The molecule has 9 heteroatoms. The lowest BCUT2D eigenvalue weighted by molar-refractivity contribution is -0.134. The van der Waals surface area contributed by atoms with Crippen LogP contribution in [0.1, 0.15) is 26.7 Å². The van der Waals surface area contributed by atoms with Crippen molar-refractivity contribution in [1.82, 2.24) is 18.0 Å².